The molecule has 0 unspecified atom stereocenters. The molecule has 1 saturated heterocycles. The van der Waals surface area contributed by atoms with Crippen LogP contribution in [0, 0.1) is 11.2 Å². The SMILES string of the molecule is CN(CCc1ccc(F)cc1)C(=O)C1(CO)COC1. The number of benzene rings is 1. The lowest BCUT2D eigenvalue weighted by Crippen LogP contribution is -2.56. The van der Waals surface area contributed by atoms with E-state index in [2.05, 4.69) is 0 Å². The molecule has 19 heavy (non-hydrogen) atoms. The van der Waals surface area contributed by atoms with Gasteiger partial charge < -0.3 is 14.7 Å². The van der Waals surface area contributed by atoms with Crippen LogP contribution in [-0.2, 0) is 16.0 Å². The van der Waals surface area contributed by atoms with Gasteiger partial charge in [0.25, 0.3) is 0 Å². The average molecular weight is 267 g/mol. The number of aliphatic hydroxyl groups is 1. The van der Waals surface area contributed by atoms with Crippen molar-refractivity contribution >= 4 is 5.91 Å². The van der Waals surface area contributed by atoms with Crippen LogP contribution in [0.3, 0.4) is 0 Å². The fourth-order valence-electron chi connectivity index (χ4n) is 2.09. The minimum Gasteiger partial charge on any atom is -0.395 e. The largest absolute Gasteiger partial charge is 0.395 e. The van der Waals surface area contributed by atoms with E-state index in [0.717, 1.165) is 5.56 Å². The first-order valence-electron chi connectivity index (χ1n) is 6.26. The van der Waals surface area contributed by atoms with Crippen molar-refractivity contribution in [3.63, 3.8) is 0 Å². The van der Waals surface area contributed by atoms with E-state index in [1.807, 2.05) is 0 Å². The van der Waals surface area contributed by atoms with Crippen LogP contribution in [0.25, 0.3) is 0 Å². The molecule has 5 heteroatoms. The number of amides is 1. The maximum absolute atomic E-state index is 12.8. The minimum absolute atomic E-state index is 0.0941. The molecule has 1 aromatic rings. The number of carbonyl (C=O) groups excluding carboxylic acids is 1. The number of likely N-dealkylation sites (N-methyl/N-ethyl adjacent to an activating group) is 1. The molecule has 104 valence electrons. The maximum atomic E-state index is 12.8. The lowest BCUT2D eigenvalue weighted by atomic mass is 9.85. The van der Waals surface area contributed by atoms with Crippen molar-refractivity contribution in [1.82, 2.24) is 4.90 Å². The monoisotopic (exact) mass is 267 g/mol. The second-order valence-corrected chi connectivity index (χ2v) is 5.03. The third kappa shape index (κ3) is 2.93. The van der Waals surface area contributed by atoms with Gasteiger partial charge in [-0.3, -0.25) is 4.79 Å². The van der Waals surface area contributed by atoms with Crippen molar-refractivity contribution in [2.45, 2.75) is 6.42 Å². The zero-order valence-electron chi connectivity index (χ0n) is 10.9. The molecule has 0 aliphatic carbocycles. The van der Waals surface area contributed by atoms with Gasteiger partial charge in [0.05, 0.1) is 19.8 Å². The summed E-state index contributed by atoms with van der Waals surface area (Å²) in [5, 5.41) is 9.30. The molecular formula is C14H18FNO3. The molecule has 2 rings (SSSR count). The molecule has 0 spiro atoms. The predicted octanol–water partition coefficient (Wildman–Crippen LogP) is 0.836. The summed E-state index contributed by atoms with van der Waals surface area (Å²) in [6.07, 6.45) is 0.658. The molecule has 0 aromatic heterocycles. The molecule has 1 aliphatic rings. The van der Waals surface area contributed by atoms with Crippen LogP contribution in [0.2, 0.25) is 0 Å². The van der Waals surface area contributed by atoms with Gasteiger partial charge in [0.15, 0.2) is 0 Å². The Labute approximate surface area is 111 Å². The lowest BCUT2D eigenvalue weighted by Gasteiger charge is -2.40. The Bertz CT molecular complexity index is 437. The van der Waals surface area contributed by atoms with Crippen molar-refractivity contribution < 1.29 is 19.0 Å². The molecule has 1 aromatic carbocycles. The van der Waals surface area contributed by atoms with Gasteiger partial charge in [-0.05, 0) is 24.1 Å². The molecule has 0 radical (unpaired) electrons. The highest BCUT2D eigenvalue weighted by Crippen LogP contribution is 2.28. The summed E-state index contributed by atoms with van der Waals surface area (Å²) in [5.41, 5.74) is 0.223. The van der Waals surface area contributed by atoms with E-state index in [9.17, 15) is 14.3 Å². The van der Waals surface area contributed by atoms with Crippen LogP contribution in [0.5, 0.6) is 0 Å². The van der Waals surface area contributed by atoms with Gasteiger partial charge in [-0.25, -0.2) is 4.39 Å². The zero-order chi connectivity index (χ0) is 13.9. The second-order valence-electron chi connectivity index (χ2n) is 5.03. The van der Waals surface area contributed by atoms with Gasteiger partial charge in [-0.15, -0.1) is 0 Å². The van der Waals surface area contributed by atoms with Gasteiger partial charge in [-0.2, -0.15) is 0 Å². The molecule has 0 atom stereocenters. The van der Waals surface area contributed by atoms with E-state index >= 15 is 0 Å². The van der Waals surface area contributed by atoms with Crippen molar-refractivity contribution in [3.05, 3.63) is 35.6 Å². The van der Waals surface area contributed by atoms with Crippen LogP contribution >= 0.6 is 0 Å². The van der Waals surface area contributed by atoms with Crippen LogP contribution in [-0.4, -0.2) is 49.3 Å². The Morgan fingerprint density at radius 3 is 2.53 bits per heavy atom. The second kappa shape index (κ2) is 5.67. The van der Waals surface area contributed by atoms with Crippen LogP contribution in [0.15, 0.2) is 24.3 Å². The lowest BCUT2D eigenvalue weighted by molar-refractivity contribution is -0.179. The first-order valence-corrected chi connectivity index (χ1v) is 6.26. The summed E-state index contributed by atoms with van der Waals surface area (Å²) in [7, 11) is 1.71. The van der Waals surface area contributed by atoms with Crippen molar-refractivity contribution in [2.24, 2.45) is 5.41 Å². The molecule has 1 aliphatic heterocycles. The van der Waals surface area contributed by atoms with Crippen molar-refractivity contribution in [2.75, 3.05) is 33.4 Å². The van der Waals surface area contributed by atoms with Crippen LogP contribution in [0.1, 0.15) is 5.56 Å². The molecule has 1 amide bonds. The highest BCUT2D eigenvalue weighted by molar-refractivity contribution is 5.83. The molecule has 4 nitrogen and oxygen atoms in total. The first kappa shape index (κ1) is 14.0. The molecular weight excluding hydrogens is 249 g/mol. The minimum atomic E-state index is -0.752. The number of halogens is 1. The number of carbonyl (C=O) groups is 1. The van der Waals surface area contributed by atoms with E-state index in [1.54, 1.807) is 24.1 Å². The summed E-state index contributed by atoms with van der Waals surface area (Å²) in [5.74, 6) is -0.359. The number of nitrogens with zero attached hydrogens (tertiary/aromatic N) is 1. The highest BCUT2D eigenvalue weighted by atomic mass is 19.1. The summed E-state index contributed by atoms with van der Waals surface area (Å²) in [6, 6.07) is 6.24. The van der Waals surface area contributed by atoms with Crippen LogP contribution < -0.4 is 0 Å². The third-order valence-corrected chi connectivity index (χ3v) is 3.51. The Morgan fingerprint density at radius 2 is 2.05 bits per heavy atom. The van der Waals surface area contributed by atoms with E-state index in [1.165, 1.54) is 12.1 Å². The normalized spacial score (nSPS) is 16.8. The van der Waals surface area contributed by atoms with Gasteiger partial charge in [0, 0.05) is 13.6 Å². The van der Waals surface area contributed by atoms with Gasteiger partial charge in [0.1, 0.15) is 11.2 Å². The molecule has 1 N–H and O–H groups in total. The number of hydrogen-bond donors (Lipinski definition) is 1. The molecule has 0 bridgehead atoms. The average Bonchev–Trinajstić information content (AvgIpc) is 2.37. The highest BCUT2D eigenvalue weighted by Gasteiger charge is 2.46. The van der Waals surface area contributed by atoms with E-state index < -0.39 is 5.41 Å². The van der Waals surface area contributed by atoms with Crippen molar-refractivity contribution in [3.8, 4) is 0 Å². The number of aliphatic hydroxyl groups excluding tert-OH is 1. The Morgan fingerprint density at radius 1 is 1.42 bits per heavy atom. The maximum Gasteiger partial charge on any atom is 0.235 e. The third-order valence-electron chi connectivity index (χ3n) is 3.51. The van der Waals surface area contributed by atoms with Crippen LogP contribution in [0.4, 0.5) is 4.39 Å². The Hall–Kier alpha value is -1.46. The summed E-state index contributed by atoms with van der Waals surface area (Å²) < 4.78 is 17.8. The fourth-order valence-corrected chi connectivity index (χ4v) is 2.09. The van der Waals surface area contributed by atoms with Crippen molar-refractivity contribution in [1.29, 1.82) is 0 Å². The Kier molecular flexibility index (Phi) is 4.17. The van der Waals surface area contributed by atoms with Gasteiger partial charge in [-0.1, -0.05) is 12.1 Å². The quantitative estimate of drug-likeness (QED) is 0.860. The summed E-state index contributed by atoms with van der Waals surface area (Å²) >= 11 is 0. The number of hydrogen-bond acceptors (Lipinski definition) is 3. The fraction of sp³-hybridized carbons (Fsp3) is 0.500. The van der Waals surface area contributed by atoms with Gasteiger partial charge >= 0.3 is 0 Å². The first-order chi connectivity index (χ1) is 9.07. The molecule has 0 saturated carbocycles. The van der Waals surface area contributed by atoms with E-state index in [-0.39, 0.29) is 31.5 Å². The van der Waals surface area contributed by atoms with Gasteiger partial charge in [0.2, 0.25) is 5.91 Å². The number of rotatable bonds is 5. The summed E-state index contributed by atoms with van der Waals surface area (Å²) in [6.45, 7) is 0.908. The Balaban J connectivity index is 1.88. The van der Waals surface area contributed by atoms with E-state index in [4.69, 9.17) is 4.74 Å². The molecule has 1 heterocycles. The number of ether oxygens (including phenoxy) is 1. The zero-order valence-corrected chi connectivity index (χ0v) is 10.9. The predicted molar refractivity (Wildman–Crippen MR) is 68.1 cm³/mol. The topological polar surface area (TPSA) is 49.8 Å². The van der Waals surface area contributed by atoms with E-state index in [0.29, 0.717) is 13.0 Å². The molecule has 1 fully saturated rings. The summed E-state index contributed by atoms with van der Waals surface area (Å²) in [4.78, 5) is 13.8. The standard InChI is InChI=1S/C14H18FNO3/c1-16(13(18)14(8-17)9-19-10-14)7-6-11-2-4-12(15)5-3-11/h2-5,17H,6-10H2,1H3. The smallest absolute Gasteiger partial charge is 0.235 e.